The molecule has 8 nitrogen and oxygen atoms in total. The van der Waals surface area contributed by atoms with Gasteiger partial charge in [0, 0.05) is 12.8 Å². The topological polar surface area (TPSA) is 102 Å². The highest BCUT2D eigenvalue weighted by Crippen LogP contribution is 2.14. The summed E-state index contributed by atoms with van der Waals surface area (Å²) in [5, 5.41) is 11.5. The summed E-state index contributed by atoms with van der Waals surface area (Å²) in [5.41, 5.74) is 0. The molecule has 0 amide bonds. The van der Waals surface area contributed by atoms with Crippen molar-refractivity contribution in [3.8, 4) is 0 Å². The molecule has 0 aliphatic carbocycles. The van der Waals surface area contributed by atoms with Crippen LogP contribution in [0.1, 0.15) is 136 Å². The second-order valence-electron chi connectivity index (χ2n) is 13.1. The number of aliphatic carboxylic acids is 1. The van der Waals surface area contributed by atoms with Crippen LogP contribution in [0.25, 0.3) is 0 Å². The number of esters is 2. The van der Waals surface area contributed by atoms with Gasteiger partial charge in [0.15, 0.2) is 6.10 Å². The minimum Gasteiger partial charge on any atom is -0.544 e. The number of carboxylic acid groups (broad SMARTS) is 1. The third kappa shape index (κ3) is 27.8. The maximum atomic E-state index is 12.6. The molecule has 0 saturated carbocycles. The van der Waals surface area contributed by atoms with Crippen molar-refractivity contribution in [2.45, 2.75) is 148 Å². The molecule has 0 spiro atoms. The van der Waals surface area contributed by atoms with Gasteiger partial charge in [-0.05, 0) is 25.7 Å². The maximum Gasteiger partial charge on any atom is 0.309 e. The van der Waals surface area contributed by atoms with E-state index in [2.05, 4.69) is 38.2 Å². The lowest BCUT2D eigenvalue weighted by Gasteiger charge is -2.34. The number of rotatable bonds is 31. The minimum atomic E-state index is -1.14. The smallest absolute Gasteiger partial charge is 0.309 e. The number of unbranched alkanes of at least 4 members (excludes halogenated alkanes) is 12. The molecule has 0 bridgehead atoms. The lowest BCUT2D eigenvalue weighted by Crippen LogP contribution is -2.55. The second-order valence-corrected chi connectivity index (χ2v) is 13.1. The van der Waals surface area contributed by atoms with E-state index >= 15 is 0 Å². The summed E-state index contributed by atoms with van der Waals surface area (Å²) in [5.74, 6) is -1.89. The molecule has 0 aromatic heterocycles. The average Bonchev–Trinajstić information content (AvgIpc) is 3.00. The Balaban J connectivity index is 4.52. The number of likely N-dealkylation sites (N-methyl/N-ethyl adjacent to an activating group) is 1. The number of carbonyl (C=O) groups is 3. The largest absolute Gasteiger partial charge is 0.544 e. The van der Waals surface area contributed by atoms with E-state index < -0.39 is 24.1 Å². The van der Waals surface area contributed by atoms with Gasteiger partial charge in [-0.3, -0.25) is 9.59 Å². The molecule has 2 atom stereocenters. The van der Waals surface area contributed by atoms with E-state index in [1.165, 1.54) is 64.2 Å². The maximum absolute atomic E-state index is 12.6. The second kappa shape index (κ2) is 29.9. The average molecular weight is 650 g/mol. The first-order chi connectivity index (χ1) is 22.1. The van der Waals surface area contributed by atoms with E-state index in [1.807, 2.05) is 6.08 Å². The molecule has 0 N–H and O–H groups in total. The molecular weight excluding hydrogens is 582 g/mol. The molecule has 0 fully saturated rings. The van der Waals surface area contributed by atoms with Crippen LogP contribution in [0.4, 0.5) is 0 Å². The Morgan fingerprint density at radius 3 is 1.72 bits per heavy atom. The van der Waals surface area contributed by atoms with Crippen LogP contribution >= 0.6 is 0 Å². The van der Waals surface area contributed by atoms with Crippen LogP contribution in [-0.4, -0.2) is 75.5 Å². The molecule has 0 rings (SSSR count). The Hall–Kier alpha value is -2.45. The van der Waals surface area contributed by atoms with E-state index in [4.69, 9.17) is 14.2 Å². The van der Waals surface area contributed by atoms with Crippen molar-refractivity contribution in [3.63, 3.8) is 0 Å². The van der Waals surface area contributed by atoms with Crippen molar-refractivity contribution in [2.24, 2.45) is 0 Å². The SMILES string of the molecule is CC/C=C/C/C=C/C/C=C/CC(=O)OCC(COCCC(C(=O)[O-])[N+](C)(C)C)OC(=O)CCCCCCCCCCCCCCC. The summed E-state index contributed by atoms with van der Waals surface area (Å²) >= 11 is 0. The molecule has 0 aliphatic heterocycles. The highest BCUT2D eigenvalue weighted by Gasteiger charge is 2.25. The highest BCUT2D eigenvalue weighted by atomic mass is 16.6. The van der Waals surface area contributed by atoms with Gasteiger partial charge in [0.25, 0.3) is 0 Å². The number of ether oxygens (including phenoxy) is 3. The first-order valence-corrected chi connectivity index (χ1v) is 18.0. The van der Waals surface area contributed by atoms with Crippen LogP contribution in [0.3, 0.4) is 0 Å². The number of quaternary nitrogens is 1. The van der Waals surface area contributed by atoms with Gasteiger partial charge in [0.1, 0.15) is 12.6 Å². The lowest BCUT2D eigenvalue weighted by atomic mass is 10.0. The predicted octanol–water partition coefficient (Wildman–Crippen LogP) is 7.40. The minimum absolute atomic E-state index is 0.0155. The predicted molar refractivity (Wildman–Crippen MR) is 185 cm³/mol. The van der Waals surface area contributed by atoms with Crippen LogP contribution in [0, 0.1) is 0 Å². The van der Waals surface area contributed by atoms with Crippen LogP contribution in [0.5, 0.6) is 0 Å². The summed E-state index contributed by atoms with van der Waals surface area (Å²) in [6, 6.07) is -0.733. The van der Waals surface area contributed by atoms with Gasteiger partial charge in [-0.25, -0.2) is 0 Å². The van der Waals surface area contributed by atoms with Crippen LogP contribution in [0.15, 0.2) is 36.5 Å². The zero-order valence-electron chi connectivity index (χ0n) is 30.0. The standard InChI is InChI=1S/C38H67NO7/c1-6-8-10-12-14-16-17-18-19-21-23-25-27-29-37(41)46-34(32-44-31-30-35(38(42)43)39(3,4)5)33-45-36(40)28-26-24-22-20-15-13-11-9-7-2/h9,11,15,20,24,26,34-35H,6-8,10,12-14,16-19,21-23,25,27-33H2,1-5H3/b11-9+,20-15+,26-24+. The van der Waals surface area contributed by atoms with Crippen molar-refractivity contribution in [3.05, 3.63) is 36.5 Å². The Morgan fingerprint density at radius 2 is 1.20 bits per heavy atom. The molecule has 46 heavy (non-hydrogen) atoms. The van der Waals surface area contributed by atoms with Crippen molar-refractivity contribution >= 4 is 17.9 Å². The fourth-order valence-electron chi connectivity index (χ4n) is 5.01. The molecule has 0 radical (unpaired) electrons. The number of hydrogen-bond acceptors (Lipinski definition) is 7. The quantitative estimate of drug-likeness (QED) is 0.0334. The first kappa shape index (κ1) is 43.5. The fraction of sp³-hybridized carbons (Fsp3) is 0.763. The van der Waals surface area contributed by atoms with Gasteiger partial charge in [0.05, 0.1) is 46.7 Å². The Bertz CT molecular complexity index is 860. The lowest BCUT2D eigenvalue weighted by molar-refractivity contribution is -0.889. The van der Waals surface area contributed by atoms with Crippen molar-refractivity contribution in [2.75, 3.05) is 41.0 Å². The Kier molecular flexibility index (Phi) is 28.3. The summed E-state index contributed by atoms with van der Waals surface area (Å²) in [6.45, 7) is 4.41. The van der Waals surface area contributed by atoms with Crippen molar-refractivity contribution in [1.82, 2.24) is 0 Å². The van der Waals surface area contributed by atoms with Crippen LogP contribution in [0.2, 0.25) is 0 Å². The molecule has 266 valence electrons. The first-order valence-electron chi connectivity index (χ1n) is 18.0. The molecule has 0 saturated heterocycles. The molecular formula is C38H67NO7. The van der Waals surface area contributed by atoms with E-state index in [9.17, 15) is 19.5 Å². The third-order valence-corrected chi connectivity index (χ3v) is 7.82. The van der Waals surface area contributed by atoms with Gasteiger partial charge < -0.3 is 28.6 Å². The van der Waals surface area contributed by atoms with Gasteiger partial charge in [-0.2, -0.15) is 0 Å². The zero-order chi connectivity index (χ0) is 34.3. The number of nitrogens with zero attached hydrogens (tertiary/aromatic N) is 1. The number of carboxylic acids is 1. The summed E-state index contributed by atoms with van der Waals surface area (Å²) < 4.78 is 16.9. The fourth-order valence-corrected chi connectivity index (χ4v) is 5.01. The van der Waals surface area contributed by atoms with Crippen molar-refractivity contribution in [1.29, 1.82) is 0 Å². The van der Waals surface area contributed by atoms with E-state index in [1.54, 1.807) is 27.2 Å². The Labute approximate surface area is 281 Å². The monoisotopic (exact) mass is 649 g/mol. The number of allylic oxidation sites excluding steroid dienone is 5. The highest BCUT2D eigenvalue weighted by molar-refractivity contribution is 5.71. The normalized spacial score (nSPS) is 13.5. The van der Waals surface area contributed by atoms with Gasteiger partial charge in [-0.15, -0.1) is 0 Å². The van der Waals surface area contributed by atoms with E-state index in [0.717, 1.165) is 38.5 Å². The third-order valence-electron chi connectivity index (χ3n) is 7.82. The van der Waals surface area contributed by atoms with Gasteiger partial charge in [0.2, 0.25) is 0 Å². The number of hydrogen-bond donors (Lipinski definition) is 0. The van der Waals surface area contributed by atoms with Crippen molar-refractivity contribution < 1.29 is 38.2 Å². The van der Waals surface area contributed by atoms with Crippen LogP contribution < -0.4 is 5.11 Å². The Morgan fingerprint density at radius 1 is 0.674 bits per heavy atom. The van der Waals surface area contributed by atoms with E-state index in [0.29, 0.717) is 6.42 Å². The molecule has 8 heteroatoms. The number of carbonyl (C=O) groups excluding carboxylic acids is 3. The summed E-state index contributed by atoms with van der Waals surface area (Å²) in [6.07, 6.45) is 30.6. The molecule has 0 aliphatic rings. The van der Waals surface area contributed by atoms with Gasteiger partial charge >= 0.3 is 11.9 Å². The van der Waals surface area contributed by atoms with Crippen LogP contribution in [-0.2, 0) is 28.6 Å². The molecule has 0 aromatic rings. The molecule has 2 unspecified atom stereocenters. The van der Waals surface area contributed by atoms with E-state index in [-0.39, 0.29) is 43.1 Å². The summed E-state index contributed by atoms with van der Waals surface area (Å²) in [7, 11) is 5.37. The van der Waals surface area contributed by atoms with Gasteiger partial charge in [-0.1, -0.05) is 127 Å². The zero-order valence-corrected chi connectivity index (χ0v) is 30.0. The summed E-state index contributed by atoms with van der Waals surface area (Å²) in [4.78, 5) is 36.4. The molecule has 0 aromatic carbocycles. The molecule has 0 heterocycles.